The molecule has 7 heteroatoms. The second-order valence-corrected chi connectivity index (χ2v) is 15.9. The Labute approximate surface area is 133 Å². The van der Waals surface area contributed by atoms with Crippen LogP contribution in [0.4, 0.5) is 0 Å². The van der Waals surface area contributed by atoms with Crippen LogP contribution in [0.2, 0.25) is 0 Å². The second kappa shape index (κ2) is 5.12. The van der Waals surface area contributed by atoms with Gasteiger partial charge in [-0.3, -0.25) is 4.98 Å². The lowest BCUT2D eigenvalue weighted by molar-refractivity contribution is 1.09. The number of hydrogen-bond acceptors (Lipinski definition) is 1. The Balaban J connectivity index is 3.31. The lowest BCUT2D eigenvalue weighted by atomic mass is 10.2. The van der Waals surface area contributed by atoms with Crippen molar-refractivity contribution in [3.8, 4) is 0 Å². The van der Waals surface area contributed by atoms with Crippen LogP contribution in [0.3, 0.4) is 0 Å². The third-order valence-corrected chi connectivity index (χ3v) is 3.79. The summed E-state index contributed by atoms with van der Waals surface area (Å²) in [6.45, 7) is 0. The SMILES string of the molecule is BrC(Br)(Br)c1cccnc1C(Br)(Br)Br. The molecule has 1 aromatic heterocycles. The number of pyridine rings is 1. The zero-order chi connectivity index (χ0) is 11.0. The first-order valence-electron chi connectivity index (χ1n) is 3.32. The van der Waals surface area contributed by atoms with Gasteiger partial charge < -0.3 is 0 Å². The molecule has 0 amide bonds. The maximum atomic E-state index is 4.29. The van der Waals surface area contributed by atoms with Crippen LogP contribution in [0.5, 0.6) is 0 Å². The van der Waals surface area contributed by atoms with E-state index in [4.69, 9.17) is 0 Å². The maximum absolute atomic E-state index is 4.29. The monoisotopic (exact) mass is 575 g/mol. The van der Waals surface area contributed by atoms with Gasteiger partial charge in [0.25, 0.3) is 0 Å². The van der Waals surface area contributed by atoms with Crippen LogP contribution in [0.25, 0.3) is 0 Å². The topological polar surface area (TPSA) is 12.9 Å². The molecule has 0 aliphatic carbocycles. The molecule has 0 bridgehead atoms. The Morgan fingerprint density at radius 3 is 1.86 bits per heavy atom. The van der Waals surface area contributed by atoms with Gasteiger partial charge in [0.2, 0.25) is 0 Å². The first-order valence-corrected chi connectivity index (χ1v) is 8.08. The lowest BCUT2D eigenvalue weighted by Gasteiger charge is -2.21. The van der Waals surface area contributed by atoms with Gasteiger partial charge in [0.1, 0.15) is 0 Å². The van der Waals surface area contributed by atoms with Crippen molar-refractivity contribution in [3.05, 3.63) is 29.6 Å². The molecule has 0 aliphatic rings. The van der Waals surface area contributed by atoms with Crippen LogP contribution in [-0.4, -0.2) is 4.98 Å². The molecule has 0 unspecified atom stereocenters. The average molecular weight is 581 g/mol. The molecule has 0 aromatic carbocycles. The Kier molecular flexibility index (Phi) is 5.16. The Morgan fingerprint density at radius 1 is 0.929 bits per heavy atom. The molecule has 0 fully saturated rings. The maximum Gasteiger partial charge on any atom is 0.176 e. The van der Waals surface area contributed by atoms with Crippen LogP contribution in [0, 0.1) is 0 Å². The molecule has 1 nitrogen and oxygen atoms in total. The van der Waals surface area contributed by atoms with Crippen LogP contribution < -0.4 is 0 Å². The second-order valence-electron chi connectivity index (χ2n) is 2.40. The number of hydrogen-bond donors (Lipinski definition) is 0. The molecule has 78 valence electrons. The van der Waals surface area contributed by atoms with Crippen molar-refractivity contribution in [1.82, 2.24) is 4.98 Å². The van der Waals surface area contributed by atoms with E-state index in [1.165, 1.54) is 0 Å². The molecule has 0 saturated heterocycles. The van der Waals surface area contributed by atoms with E-state index in [2.05, 4.69) is 101 Å². The molecular formula is C7H3Br6N. The zero-order valence-electron chi connectivity index (χ0n) is 6.45. The summed E-state index contributed by atoms with van der Waals surface area (Å²) in [6, 6.07) is 3.83. The number of aromatic nitrogens is 1. The molecule has 0 aliphatic heterocycles. The number of nitrogens with zero attached hydrogens (tertiary/aromatic N) is 1. The fourth-order valence-electron chi connectivity index (χ4n) is 0.860. The lowest BCUT2D eigenvalue weighted by Crippen LogP contribution is -2.11. The van der Waals surface area contributed by atoms with Crippen molar-refractivity contribution in [2.75, 3.05) is 0 Å². The van der Waals surface area contributed by atoms with E-state index in [1.807, 2.05) is 12.1 Å². The molecule has 1 heterocycles. The average Bonchev–Trinajstić information content (AvgIpc) is 2.01. The van der Waals surface area contributed by atoms with Crippen molar-refractivity contribution in [1.29, 1.82) is 0 Å². The summed E-state index contributed by atoms with van der Waals surface area (Å²) in [6.07, 6.45) is 1.73. The first kappa shape index (κ1) is 14.1. The van der Waals surface area contributed by atoms with Crippen LogP contribution in [0.1, 0.15) is 11.3 Å². The van der Waals surface area contributed by atoms with Gasteiger partial charge in [-0.15, -0.1) is 0 Å². The zero-order valence-corrected chi connectivity index (χ0v) is 16.0. The van der Waals surface area contributed by atoms with Gasteiger partial charge in [0.05, 0.1) is 5.69 Å². The first-order chi connectivity index (χ1) is 6.23. The van der Waals surface area contributed by atoms with E-state index in [-0.39, 0.29) is 0 Å². The molecule has 1 rings (SSSR count). The van der Waals surface area contributed by atoms with Gasteiger partial charge in [-0.25, -0.2) is 0 Å². The smallest absolute Gasteiger partial charge is 0.176 e. The molecule has 14 heavy (non-hydrogen) atoms. The molecule has 0 atom stereocenters. The largest absolute Gasteiger partial charge is 0.258 e. The highest BCUT2D eigenvalue weighted by molar-refractivity contribution is 9.39. The van der Waals surface area contributed by atoms with Gasteiger partial charge in [0.15, 0.2) is 4.29 Å². The fraction of sp³-hybridized carbons (Fsp3) is 0.286. The summed E-state index contributed by atoms with van der Waals surface area (Å²) in [5, 5.41) is 0. The van der Waals surface area contributed by atoms with Gasteiger partial charge in [0, 0.05) is 11.8 Å². The molecule has 0 spiro atoms. The van der Waals surface area contributed by atoms with Gasteiger partial charge >= 0.3 is 0 Å². The van der Waals surface area contributed by atoms with Gasteiger partial charge in [-0.2, -0.15) is 0 Å². The summed E-state index contributed by atoms with van der Waals surface area (Å²) in [4.78, 5) is 4.29. The molecule has 1 aromatic rings. The predicted molar refractivity (Wildman–Crippen MR) is 81.2 cm³/mol. The van der Waals surface area contributed by atoms with Gasteiger partial charge in [-0.1, -0.05) is 102 Å². The van der Waals surface area contributed by atoms with E-state index in [9.17, 15) is 0 Å². The summed E-state index contributed by atoms with van der Waals surface area (Å²) in [5.74, 6) is 0. The van der Waals surface area contributed by atoms with Crippen molar-refractivity contribution in [2.45, 2.75) is 4.29 Å². The summed E-state index contributed by atoms with van der Waals surface area (Å²) in [7, 11) is 0. The van der Waals surface area contributed by atoms with Crippen molar-refractivity contribution in [3.63, 3.8) is 0 Å². The summed E-state index contributed by atoms with van der Waals surface area (Å²) in [5.41, 5.74) is 1.79. The number of halogens is 6. The third-order valence-electron chi connectivity index (χ3n) is 1.38. The number of alkyl halides is 6. The minimum atomic E-state index is -0.524. The van der Waals surface area contributed by atoms with E-state index < -0.39 is 4.29 Å². The van der Waals surface area contributed by atoms with Crippen molar-refractivity contribution >= 4 is 95.6 Å². The molecule has 0 saturated carbocycles. The minimum absolute atomic E-state index is 0.475. The predicted octanol–water partition coefficient (Wildman–Crippen LogP) is 5.67. The van der Waals surface area contributed by atoms with E-state index in [0.717, 1.165) is 11.3 Å². The fourth-order valence-corrected chi connectivity index (χ4v) is 2.77. The minimum Gasteiger partial charge on any atom is -0.258 e. The van der Waals surface area contributed by atoms with E-state index in [1.54, 1.807) is 6.20 Å². The Morgan fingerprint density at radius 2 is 1.50 bits per heavy atom. The highest BCUT2D eigenvalue weighted by Crippen LogP contribution is 2.52. The Bertz CT molecular complexity index is 293. The van der Waals surface area contributed by atoms with Crippen LogP contribution >= 0.6 is 95.6 Å². The van der Waals surface area contributed by atoms with Gasteiger partial charge in [-0.05, 0) is 6.07 Å². The standard InChI is InChI=1S/C7H3Br6N/c8-6(9,10)4-2-1-3-14-5(4)7(11,12)13/h1-3H. The normalized spacial score (nSPS) is 13.0. The quantitative estimate of drug-likeness (QED) is 0.361. The number of rotatable bonds is 0. The van der Waals surface area contributed by atoms with Crippen LogP contribution in [-0.2, 0) is 4.29 Å². The molecular weight excluding hydrogens is 578 g/mol. The molecule has 0 radical (unpaired) electrons. The van der Waals surface area contributed by atoms with Crippen molar-refractivity contribution in [2.24, 2.45) is 0 Å². The van der Waals surface area contributed by atoms with E-state index in [0.29, 0.717) is 0 Å². The highest BCUT2D eigenvalue weighted by Gasteiger charge is 2.33. The summed E-state index contributed by atoms with van der Waals surface area (Å²) >= 11 is 20.7. The van der Waals surface area contributed by atoms with E-state index >= 15 is 0 Å². The summed E-state index contributed by atoms with van der Waals surface area (Å²) < 4.78 is -0.999. The Hall–Kier alpha value is 2.03. The van der Waals surface area contributed by atoms with Crippen molar-refractivity contribution < 1.29 is 0 Å². The molecule has 0 N–H and O–H groups in total. The third kappa shape index (κ3) is 3.80. The van der Waals surface area contributed by atoms with Crippen LogP contribution in [0.15, 0.2) is 18.3 Å². The highest BCUT2D eigenvalue weighted by atomic mass is 80.0.